The predicted octanol–water partition coefficient (Wildman–Crippen LogP) is 2.50. The molecule has 0 radical (unpaired) electrons. The number of halogens is 1. The van der Waals surface area contributed by atoms with E-state index in [4.69, 9.17) is 9.47 Å². The number of carbonyl (C=O) groups excluding carboxylic acids is 1. The number of allylic oxidation sites excluding steroid dienone is 1. The smallest absolute Gasteiger partial charge is 0.230 e. The molecule has 1 saturated heterocycles. The predicted molar refractivity (Wildman–Crippen MR) is 121 cm³/mol. The molecule has 1 aromatic carbocycles. The van der Waals surface area contributed by atoms with Crippen LogP contribution in [0, 0.1) is 5.82 Å². The van der Waals surface area contributed by atoms with E-state index in [0.717, 1.165) is 26.3 Å². The van der Waals surface area contributed by atoms with Crippen molar-refractivity contribution in [1.82, 2.24) is 25.0 Å². The quantitative estimate of drug-likeness (QED) is 0.405. The van der Waals surface area contributed by atoms with E-state index in [1.54, 1.807) is 24.3 Å². The molecule has 32 heavy (non-hydrogen) atoms. The first-order chi connectivity index (χ1) is 15.4. The van der Waals surface area contributed by atoms with E-state index in [1.165, 1.54) is 17.8 Å². The number of nitrogens with zero attached hydrogens (tertiary/aromatic N) is 4. The highest BCUT2D eigenvalue weighted by atomic mass is 32.2. The minimum Gasteiger partial charge on any atom is -0.483 e. The fraction of sp³-hybridized carbons (Fsp3) is 0.500. The van der Waals surface area contributed by atoms with Crippen molar-refractivity contribution in [1.29, 1.82) is 0 Å². The number of thioether (sulfide) groups is 1. The third kappa shape index (κ3) is 6.54. The van der Waals surface area contributed by atoms with Gasteiger partial charge in [-0.3, -0.25) is 14.3 Å². The lowest BCUT2D eigenvalue weighted by atomic mass is 10.0. The summed E-state index contributed by atoms with van der Waals surface area (Å²) in [5.74, 6) is 0.381. The Morgan fingerprint density at radius 3 is 2.81 bits per heavy atom. The summed E-state index contributed by atoms with van der Waals surface area (Å²) in [5, 5.41) is 11.9. The topological polar surface area (TPSA) is 81.5 Å². The number of aromatic nitrogens is 3. The molecule has 0 aliphatic carbocycles. The first-order valence-corrected chi connectivity index (χ1v) is 11.5. The minimum absolute atomic E-state index is 0.0578. The van der Waals surface area contributed by atoms with Crippen LogP contribution in [0.2, 0.25) is 0 Å². The van der Waals surface area contributed by atoms with E-state index in [1.807, 2.05) is 4.57 Å². The van der Waals surface area contributed by atoms with E-state index >= 15 is 0 Å². The maximum Gasteiger partial charge on any atom is 0.230 e. The molecule has 1 N–H and O–H groups in total. The highest BCUT2D eigenvalue weighted by Crippen LogP contribution is 2.21. The molecule has 1 amide bonds. The second-order valence-corrected chi connectivity index (χ2v) is 8.94. The van der Waals surface area contributed by atoms with Gasteiger partial charge in [-0.2, -0.15) is 0 Å². The molecule has 0 atom stereocenters. The third-order valence-corrected chi connectivity index (χ3v) is 6.18. The van der Waals surface area contributed by atoms with Crippen LogP contribution in [-0.4, -0.2) is 69.7 Å². The van der Waals surface area contributed by atoms with Gasteiger partial charge < -0.3 is 14.8 Å². The molecule has 2 heterocycles. The van der Waals surface area contributed by atoms with Crippen LogP contribution in [0.5, 0.6) is 5.75 Å². The lowest BCUT2D eigenvalue weighted by Gasteiger charge is -2.40. The lowest BCUT2D eigenvalue weighted by Crippen LogP contribution is -2.55. The molecule has 0 saturated carbocycles. The molecule has 0 spiro atoms. The molecule has 3 rings (SSSR count). The zero-order chi connectivity index (χ0) is 23.0. The highest BCUT2D eigenvalue weighted by Gasteiger charge is 2.28. The van der Waals surface area contributed by atoms with Crippen LogP contribution in [0.25, 0.3) is 0 Å². The Bertz CT molecular complexity index is 915. The Hall–Kier alpha value is -2.43. The summed E-state index contributed by atoms with van der Waals surface area (Å²) in [6, 6.07) is 6.20. The van der Waals surface area contributed by atoms with Crippen LogP contribution >= 0.6 is 11.8 Å². The van der Waals surface area contributed by atoms with Crippen molar-refractivity contribution >= 4 is 17.7 Å². The van der Waals surface area contributed by atoms with Crippen molar-refractivity contribution in [3.63, 3.8) is 0 Å². The molecule has 1 aliphatic rings. The van der Waals surface area contributed by atoms with Gasteiger partial charge >= 0.3 is 0 Å². The molecule has 174 valence electrons. The number of para-hydroxylation sites is 1. The number of ether oxygens (including phenoxy) is 2. The fourth-order valence-corrected chi connectivity index (χ4v) is 4.12. The summed E-state index contributed by atoms with van der Waals surface area (Å²) >= 11 is 1.29. The summed E-state index contributed by atoms with van der Waals surface area (Å²) in [4.78, 5) is 14.8. The zero-order valence-corrected chi connectivity index (χ0v) is 19.4. The summed E-state index contributed by atoms with van der Waals surface area (Å²) in [6.07, 6.45) is 1.71. The van der Waals surface area contributed by atoms with Gasteiger partial charge in [-0.15, -0.1) is 16.8 Å². The number of carbonyl (C=O) groups is 1. The Morgan fingerprint density at radius 2 is 2.09 bits per heavy atom. The van der Waals surface area contributed by atoms with Crippen LogP contribution in [0.4, 0.5) is 4.39 Å². The molecule has 0 unspecified atom stereocenters. The van der Waals surface area contributed by atoms with Gasteiger partial charge in [-0.25, -0.2) is 4.39 Å². The van der Waals surface area contributed by atoms with Crippen molar-refractivity contribution in [3.05, 3.63) is 48.6 Å². The van der Waals surface area contributed by atoms with Gasteiger partial charge in [0, 0.05) is 31.7 Å². The SMILES string of the molecule is C=CCn1c(COc2ccccc2F)nnc1SCC(=O)NCC(C)(C)N1CCOCC1. The van der Waals surface area contributed by atoms with E-state index in [-0.39, 0.29) is 29.6 Å². The van der Waals surface area contributed by atoms with Crippen LogP contribution in [0.1, 0.15) is 19.7 Å². The number of benzene rings is 1. The van der Waals surface area contributed by atoms with Gasteiger partial charge in [-0.05, 0) is 26.0 Å². The normalized spacial score (nSPS) is 14.8. The average Bonchev–Trinajstić information content (AvgIpc) is 3.18. The van der Waals surface area contributed by atoms with Crippen molar-refractivity contribution in [2.24, 2.45) is 0 Å². The van der Waals surface area contributed by atoms with Gasteiger partial charge in [0.2, 0.25) is 5.91 Å². The number of hydrogen-bond donors (Lipinski definition) is 1. The van der Waals surface area contributed by atoms with Crippen LogP contribution in [0.3, 0.4) is 0 Å². The summed E-state index contributed by atoms with van der Waals surface area (Å²) < 4.78 is 26.6. The van der Waals surface area contributed by atoms with Crippen LogP contribution < -0.4 is 10.1 Å². The monoisotopic (exact) mass is 463 g/mol. The summed E-state index contributed by atoms with van der Waals surface area (Å²) in [6.45, 7) is 12.2. The number of amides is 1. The average molecular weight is 464 g/mol. The zero-order valence-electron chi connectivity index (χ0n) is 18.6. The minimum atomic E-state index is -0.437. The second kappa shape index (κ2) is 11.4. The van der Waals surface area contributed by atoms with Gasteiger partial charge in [0.1, 0.15) is 6.61 Å². The lowest BCUT2D eigenvalue weighted by molar-refractivity contribution is -0.119. The van der Waals surface area contributed by atoms with E-state index in [9.17, 15) is 9.18 Å². The van der Waals surface area contributed by atoms with Crippen LogP contribution in [-0.2, 0) is 22.7 Å². The van der Waals surface area contributed by atoms with Crippen molar-refractivity contribution in [3.8, 4) is 5.75 Å². The first kappa shape index (κ1) is 24.2. The Labute approximate surface area is 192 Å². The fourth-order valence-electron chi connectivity index (χ4n) is 3.33. The maximum atomic E-state index is 13.8. The Kier molecular flexibility index (Phi) is 8.66. The van der Waals surface area contributed by atoms with Gasteiger partial charge in [0.15, 0.2) is 22.5 Å². The number of nitrogens with one attached hydrogen (secondary N) is 1. The van der Waals surface area contributed by atoms with Crippen molar-refractivity contribution in [2.75, 3.05) is 38.6 Å². The van der Waals surface area contributed by atoms with Crippen molar-refractivity contribution < 1.29 is 18.7 Å². The maximum absolute atomic E-state index is 13.8. The van der Waals surface area contributed by atoms with Gasteiger partial charge in [-0.1, -0.05) is 30.0 Å². The molecule has 1 aromatic heterocycles. The van der Waals surface area contributed by atoms with Gasteiger partial charge in [0.25, 0.3) is 0 Å². The molecule has 0 bridgehead atoms. The molecule has 10 heteroatoms. The summed E-state index contributed by atoms with van der Waals surface area (Å²) in [7, 11) is 0. The van der Waals surface area contributed by atoms with Crippen LogP contribution in [0.15, 0.2) is 42.1 Å². The summed E-state index contributed by atoms with van der Waals surface area (Å²) in [5.41, 5.74) is -0.149. The number of morpholine rings is 1. The molecule has 8 nitrogen and oxygen atoms in total. The Balaban J connectivity index is 1.53. The Morgan fingerprint density at radius 1 is 1.34 bits per heavy atom. The highest BCUT2D eigenvalue weighted by molar-refractivity contribution is 7.99. The van der Waals surface area contributed by atoms with Gasteiger partial charge in [0.05, 0.1) is 19.0 Å². The second-order valence-electron chi connectivity index (χ2n) is 7.99. The first-order valence-electron chi connectivity index (χ1n) is 10.5. The molecule has 1 fully saturated rings. The molecule has 1 aliphatic heterocycles. The number of hydrogen-bond acceptors (Lipinski definition) is 7. The van der Waals surface area contributed by atoms with E-state index in [0.29, 0.717) is 24.1 Å². The molecular formula is C22H30FN5O3S. The molecular weight excluding hydrogens is 433 g/mol. The van der Waals surface area contributed by atoms with E-state index < -0.39 is 5.82 Å². The third-order valence-electron chi connectivity index (χ3n) is 5.22. The largest absolute Gasteiger partial charge is 0.483 e. The molecule has 2 aromatic rings. The van der Waals surface area contributed by atoms with E-state index in [2.05, 4.69) is 40.8 Å². The standard InChI is InChI=1S/C22H30FN5O3S/c1-4-9-28-19(14-31-18-8-6-5-7-17(18)23)25-26-21(28)32-15-20(29)24-16-22(2,3)27-10-12-30-13-11-27/h4-8H,1,9-16H2,2-3H3,(H,24,29). The number of rotatable bonds is 11. The van der Waals surface area contributed by atoms with Crippen molar-refractivity contribution in [2.45, 2.75) is 37.7 Å².